The number of carbonyl (C=O) groups is 1. The summed E-state index contributed by atoms with van der Waals surface area (Å²) in [6.45, 7) is 1.90. The number of hydrogen-bond acceptors (Lipinski definition) is 6. The Morgan fingerprint density at radius 2 is 1.97 bits per heavy atom. The van der Waals surface area contributed by atoms with Crippen LogP contribution >= 0.6 is 43.2 Å². The first kappa shape index (κ1) is 23.0. The Bertz CT molecular complexity index is 1180. The molecule has 0 aliphatic carbocycles. The van der Waals surface area contributed by atoms with Gasteiger partial charge in [-0.15, -0.1) is 11.3 Å². The lowest BCUT2D eigenvalue weighted by Gasteiger charge is -2.08. The number of rotatable bonds is 7. The summed E-state index contributed by atoms with van der Waals surface area (Å²) >= 11 is 8.26. The summed E-state index contributed by atoms with van der Waals surface area (Å²) in [6, 6.07) is 9.43. The lowest BCUT2D eigenvalue weighted by molar-refractivity contribution is -0.110. The lowest BCUT2D eigenvalue weighted by atomic mass is 10.0. The third kappa shape index (κ3) is 5.06. The molecule has 0 spiro atoms. The first-order chi connectivity index (χ1) is 15.3. The number of phenolic OH excluding ortho intramolecular Hbond substituents is 1. The summed E-state index contributed by atoms with van der Waals surface area (Å²) in [5.74, 6) is -0.0284. The molecule has 0 saturated carbocycles. The van der Waals surface area contributed by atoms with Crippen LogP contribution in [0.15, 0.2) is 44.7 Å². The van der Waals surface area contributed by atoms with Crippen LogP contribution in [0.1, 0.15) is 17.5 Å². The van der Waals surface area contributed by atoms with Gasteiger partial charge < -0.3 is 20.6 Å². The Labute approximate surface area is 207 Å². The summed E-state index contributed by atoms with van der Waals surface area (Å²) in [5.41, 5.74) is 4.81. The van der Waals surface area contributed by atoms with E-state index in [-0.39, 0.29) is 11.7 Å². The van der Waals surface area contributed by atoms with Crippen molar-refractivity contribution in [2.24, 2.45) is 0 Å². The lowest BCUT2D eigenvalue weighted by Crippen LogP contribution is -2.16. The number of aromatic nitrogens is 1. The van der Waals surface area contributed by atoms with Gasteiger partial charge in [-0.3, -0.25) is 4.79 Å². The Morgan fingerprint density at radius 1 is 1.22 bits per heavy atom. The number of carbonyl (C=O) groups excluding carboxylic acids is 1. The van der Waals surface area contributed by atoms with E-state index in [1.165, 1.54) is 0 Å². The van der Waals surface area contributed by atoms with Crippen LogP contribution in [0.3, 0.4) is 0 Å². The molecule has 2 heterocycles. The highest BCUT2D eigenvalue weighted by Crippen LogP contribution is 2.39. The fourth-order valence-corrected chi connectivity index (χ4v) is 5.37. The summed E-state index contributed by atoms with van der Waals surface area (Å²) in [7, 11) is 4.13. The Balaban J connectivity index is 1.58. The Hall–Kier alpha value is -2.20. The fraction of sp³-hybridized carbons (Fsp3) is 0.217. The van der Waals surface area contributed by atoms with Crippen molar-refractivity contribution in [3.63, 3.8) is 0 Å². The highest BCUT2D eigenvalue weighted by Gasteiger charge is 2.25. The molecular weight excluding hydrogens is 556 g/mol. The third-order valence-corrected chi connectivity index (χ3v) is 7.02. The molecule has 166 valence electrons. The molecule has 0 radical (unpaired) electrons. The number of nitrogens with zero attached hydrogens (tertiary/aromatic N) is 2. The van der Waals surface area contributed by atoms with Crippen molar-refractivity contribution in [2.75, 3.05) is 37.8 Å². The molecule has 32 heavy (non-hydrogen) atoms. The minimum Gasteiger partial charge on any atom is -0.506 e. The second kappa shape index (κ2) is 9.74. The third-order valence-electron chi connectivity index (χ3n) is 5.01. The maximum absolute atomic E-state index is 12.6. The zero-order valence-corrected chi connectivity index (χ0v) is 21.6. The molecular formula is C23H22Br2N4O2S. The highest BCUT2D eigenvalue weighted by atomic mass is 79.9. The normalized spacial score (nSPS) is 14.2. The van der Waals surface area contributed by atoms with Gasteiger partial charge in [-0.25, -0.2) is 4.98 Å². The number of fused-ring (bicyclic) bond motifs is 1. The molecule has 1 aromatic heterocycles. The first-order valence-corrected chi connectivity index (χ1v) is 12.5. The maximum Gasteiger partial charge on any atom is 0.256 e. The molecule has 0 atom stereocenters. The van der Waals surface area contributed by atoms with E-state index in [9.17, 15) is 9.90 Å². The predicted octanol–water partition coefficient (Wildman–Crippen LogP) is 5.90. The van der Waals surface area contributed by atoms with Crippen LogP contribution in [-0.4, -0.2) is 48.1 Å². The van der Waals surface area contributed by atoms with Gasteiger partial charge in [-0.1, -0.05) is 6.07 Å². The molecule has 3 N–H and O–H groups in total. The molecule has 0 fully saturated rings. The molecule has 4 rings (SSSR count). The van der Waals surface area contributed by atoms with Crippen molar-refractivity contribution in [1.82, 2.24) is 9.88 Å². The summed E-state index contributed by atoms with van der Waals surface area (Å²) < 4.78 is 1.11. The number of amides is 1. The van der Waals surface area contributed by atoms with E-state index < -0.39 is 0 Å². The van der Waals surface area contributed by atoms with Crippen molar-refractivity contribution in [3.05, 3.63) is 55.8 Å². The zero-order valence-electron chi connectivity index (χ0n) is 17.6. The molecule has 3 aromatic rings. The summed E-state index contributed by atoms with van der Waals surface area (Å²) in [6.07, 6.45) is 2.87. The van der Waals surface area contributed by atoms with Gasteiger partial charge in [0.05, 0.1) is 14.6 Å². The highest BCUT2D eigenvalue weighted by molar-refractivity contribution is 9.11. The van der Waals surface area contributed by atoms with Crippen molar-refractivity contribution >= 4 is 71.6 Å². The van der Waals surface area contributed by atoms with Crippen LogP contribution in [-0.2, 0) is 4.79 Å². The number of hydrogen-bond donors (Lipinski definition) is 3. The quantitative estimate of drug-likeness (QED) is 0.241. The monoisotopic (exact) mass is 576 g/mol. The van der Waals surface area contributed by atoms with Crippen LogP contribution < -0.4 is 10.6 Å². The second-order valence-electron chi connectivity index (χ2n) is 7.73. The molecule has 0 unspecified atom stereocenters. The standard InChI is InChI=1S/C23H22Br2N4O2S/c1-29(2)7-3-6-26-23-28-20(12-32-23)14-4-5-19-15(11-14)16(22(31)27-19)8-13-9-17(24)21(30)18(25)10-13/h4-5,8-12,30H,3,6-7H2,1-2H3,(H,26,28)(H,27,31)/b16-8-. The largest absolute Gasteiger partial charge is 0.506 e. The molecule has 2 aromatic carbocycles. The van der Waals surface area contributed by atoms with E-state index in [0.717, 1.165) is 52.7 Å². The predicted molar refractivity (Wildman–Crippen MR) is 139 cm³/mol. The molecule has 1 aliphatic rings. The second-order valence-corrected chi connectivity index (χ2v) is 10.3. The minimum atomic E-state index is -0.154. The Morgan fingerprint density at radius 3 is 2.69 bits per heavy atom. The van der Waals surface area contributed by atoms with Gasteiger partial charge >= 0.3 is 0 Å². The SMILES string of the molecule is CN(C)CCCNc1nc(-c2ccc3c(c2)/C(=C/c2cc(Br)c(O)c(Br)c2)C(=O)N3)cs1. The fourth-order valence-electron chi connectivity index (χ4n) is 3.40. The molecule has 1 amide bonds. The number of nitrogens with one attached hydrogen (secondary N) is 2. The number of halogens is 2. The van der Waals surface area contributed by atoms with Crippen LogP contribution in [0.2, 0.25) is 0 Å². The number of anilines is 2. The van der Waals surface area contributed by atoms with E-state index in [4.69, 9.17) is 4.98 Å². The van der Waals surface area contributed by atoms with Gasteiger partial charge in [-0.05, 0) is 94.8 Å². The first-order valence-electron chi connectivity index (χ1n) is 10.0. The molecule has 0 saturated heterocycles. The zero-order chi connectivity index (χ0) is 22.8. The summed E-state index contributed by atoms with van der Waals surface area (Å²) in [4.78, 5) is 19.5. The van der Waals surface area contributed by atoms with Gasteiger partial charge in [0.1, 0.15) is 5.75 Å². The number of benzene rings is 2. The maximum atomic E-state index is 12.6. The molecule has 6 nitrogen and oxygen atoms in total. The van der Waals surface area contributed by atoms with E-state index in [1.54, 1.807) is 23.5 Å². The van der Waals surface area contributed by atoms with Gasteiger partial charge in [0.15, 0.2) is 5.13 Å². The van der Waals surface area contributed by atoms with Crippen molar-refractivity contribution < 1.29 is 9.90 Å². The number of phenols is 1. The van der Waals surface area contributed by atoms with E-state index in [0.29, 0.717) is 14.5 Å². The van der Waals surface area contributed by atoms with E-state index >= 15 is 0 Å². The smallest absolute Gasteiger partial charge is 0.256 e. The molecule has 1 aliphatic heterocycles. The number of thiazole rings is 1. The van der Waals surface area contributed by atoms with Crippen LogP contribution in [0.5, 0.6) is 5.75 Å². The average molecular weight is 578 g/mol. The van der Waals surface area contributed by atoms with Crippen LogP contribution in [0, 0.1) is 0 Å². The Kier molecular flexibility index (Phi) is 6.99. The topological polar surface area (TPSA) is 77.5 Å². The van der Waals surface area contributed by atoms with Gasteiger partial charge in [-0.2, -0.15) is 0 Å². The van der Waals surface area contributed by atoms with Crippen molar-refractivity contribution in [3.8, 4) is 17.0 Å². The van der Waals surface area contributed by atoms with Crippen molar-refractivity contribution in [2.45, 2.75) is 6.42 Å². The minimum absolute atomic E-state index is 0.125. The van der Waals surface area contributed by atoms with Crippen molar-refractivity contribution in [1.29, 1.82) is 0 Å². The summed E-state index contributed by atoms with van der Waals surface area (Å²) in [5, 5.41) is 19.2. The van der Waals surface area contributed by atoms with E-state index in [2.05, 4.69) is 61.5 Å². The molecule has 9 heteroatoms. The van der Waals surface area contributed by atoms with E-state index in [1.807, 2.05) is 29.7 Å². The van der Waals surface area contributed by atoms with Crippen LogP contribution in [0.4, 0.5) is 10.8 Å². The van der Waals surface area contributed by atoms with Gasteiger partial charge in [0, 0.05) is 34.3 Å². The van der Waals surface area contributed by atoms with Gasteiger partial charge in [0.2, 0.25) is 0 Å². The molecule has 0 bridgehead atoms. The number of aromatic hydroxyl groups is 1. The average Bonchev–Trinajstić information content (AvgIpc) is 3.33. The van der Waals surface area contributed by atoms with Gasteiger partial charge in [0.25, 0.3) is 5.91 Å². The van der Waals surface area contributed by atoms with Crippen LogP contribution in [0.25, 0.3) is 22.9 Å².